The van der Waals surface area contributed by atoms with Crippen molar-refractivity contribution in [3.05, 3.63) is 59.4 Å². The zero-order chi connectivity index (χ0) is 16.4. The molecular formula is C19H22N2O2. The van der Waals surface area contributed by atoms with Crippen molar-refractivity contribution in [3.8, 4) is 5.75 Å². The van der Waals surface area contributed by atoms with Crippen molar-refractivity contribution in [3.63, 3.8) is 0 Å². The molecular weight excluding hydrogens is 288 g/mol. The molecule has 0 saturated carbocycles. The van der Waals surface area contributed by atoms with Crippen LogP contribution in [0.3, 0.4) is 0 Å². The van der Waals surface area contributed by atoms with Crippen molar-refractivity contribution in [1.82, 2.24) is 9.55 Å². The lowest BCUT2D eigenvalue weighted by Gasteiger charge is -2.13. The summed E-state index contributed by atoms with van der Waals surface area (Å²) < 4.78 is 7.98. The van der Waals surface area contributed by atoms with Gasteiger partial charge in [-0.15, -0.1) is 0 Å². The van der Waals surface area contributed by atoms with Gasteiger partial charge in [0.2, 0.25) is 0 Å². The van der Waals surface area contributed by atoms with Crippen LogP contribution in [0.1, 0.15) is 30.0 Å². The second kappa shape index (κ2) is 6.42. The molecule has 0 amide bonds. The lowest BCUT2D eigenvalue weighted by molar-refractivity contribution is 0.181. The third-order valence-electron chi connectivity index (χ3n) is 3.97. The van der Waals surface area contributed by atoms with E-state index in [1.54, 1.807) is 6.92 Å². The number of imidazole rings is 1. The molecule has 0 spiro atoms. The standard InChI is InChI=1S/C19H22N2O2/c1-13-8-9-14(2)18(12-13)23-11-10-21-17-7-5-4-6-16(17)20-19(21)15(3)22/h4-9,12,15,22H,10-11H2,1-3H3/t15-/m0/s1. The Morgan fingerprint density at radius 3 is 2.74 bits per heavy atom. The van der Waals surface area contributed by atoms with Crippen LogP contribution >= 0.6 is 0 Å². The van der Waals surface area contributed by atoms with E-state index in [2.05, 4.69) is 30.1 Å². The Bertz CT molecular complexity index is 821. The average molecular weight is 310 g/mol. The second-order valence-corrected chi connectivity index (χ2v) is 5.90. The molecule has 2 aromatic carbocycles. The molecule has 23 heavy (non-hydrogen) atoms. The highest BCUT2D eigenvalue weighted by Gasteiger charge is 2.14. The monoisotopic (exact) mass is 310 g/mol. The normalized spacial score (nSPS) is 12.5. The van der Waals surface area contributed by atoms with E-state index in [9.17, 15) is 5.11 Å². The van der Waals surface area contributed by atoms with Crippen LogP contribution in [0.15, 0.2) is 42.5 Å². The van der Waals surface area contributed by atoms with Gasteiger partial charge in [-0.1, -0.05) is 24.3 Å². The molecule has 1 heterocycles. The first-order valence-corrected chi connectivity index (χ1v) is 7.89. The van der Waals surface area contributed by atoms with E-state index >= 15 is 0 Å². The predicted octanol–water partition coefficient (Wildman–Crippen LogP) is 3.79. The van der Waals surface area contributed by atoms with Crippen molar-refractivity contribution >= 4 is 11.0 Å². The fraction of sp³-hybridized carbons (Fsp3) is 0.316. The number of aryl methyl sites for hydroxylation is 2. The van der Waals surface area contributed by atoms with Crippen LogP contribution < -0.4 is 4.74 Å². The van der Waals surface area contributed by atoms with Gasteiger partial charge in [-0.3, -0.25) is 0 Å². The number of nitrogens with zero attached hydrogens (tertiary/aromatic N) is 2. The molecule has 3 aromatic rings. The van der Waals surface area contributed by atoms with Gasteiger partial charge in [0.25, 0.3) is 0 Å². The Hall–Kier alpha value is -2.33. The Kier molecular flexibility index (Phi) is 4.35. The fourth-order valence-corrected chi connectivity index (χ4v) is 2.76. The van der Waals surface area contributed by atoms with Gasteiger partial charge in [0.15, 0.2) is 0 Å². The summed E-state index contributed by atoms with van der Waals surface area (Å²) in [5, 5.41) is 9.98. The molecule has 3 rings (SSSR count). The highest BCUT2D eigenvalue weighted by molar-refractivity contribution is 5.76. The topological polar surface area (TPSA) is 47.3 Å². The van der Waals surface area contributed by atoms with Crippen LogP contribution in [0.2, 0.25) is 0 Å². The number of hydrogen-bond donors (Lipinski definition) is 1. The predicted molar refractivity (Wildman–Crippen MR) is 91.8 cm³/mol. The van der Waals surface area contributed by atoms with E-state index in [1.165, 1.54) is 5.56 Å². The van der Waals surface area contributed by atoms with Crippen LogP contribution in [0.5, 0.6) is 5.75 Å². The molecule has 0 aliphatic heterocycles. The SMILES string of the molecule is Cc1ccc(C)c(OCCn2c([C@H](C)O)nc3ccccc32)c1. The molecule has 1 aromatic heterocycles. The Balaban J connectivity index is 1.81. The Morgan fingerprint density at radius 1 is 1.17 bits per heavy atom. The zero-order valence-electron chi connectivity index (χ0n) is 13.8. The maximum atomic E-state index is 9.98. The molecule has 4 nitrogen and oxygen atoms in total. The Morgan fingerprint density at radius 2 is 1.96 bits per heavy atom. The maximum absolute atomic E-state index is 9.98. The summed E-state index contributed by atoms with van der Waals surface area (Å²) >= 11 is 0. The van der Waals surface area contributed by atoms with Gasteiger partial charge in [-0.05, 0) is 50.1 Å². The molecule has 4 heteroatoms. The highest BCUT2D eigenvalue weighted by atomic mass is 16.5. The molecule has 0 saturated heterocycles. The third kappa shape index (κ3) is 3.22. The highest BCUT2D eigenvalue weighted by Crippen LogP contribution is 2.22. The van der Waals surface area contributed by atoms with E-state index in [1.807, 2.05) is 35.8 Å². The van der Waals surface area contributed by atoms with Crippen molar-refractivity contribution in [2.45, 2.75) is 33.4 Å². The van der Waals surface area contributed by atoms with Crippen molar-refractivity contribution < 1.29 is 9.84 Å². The number of rotatable bonds is 5. The van der Waals surface area contributed by atoms with Gasteiger partial charge in [0.1, 0.15) is 24.3 Å². The van der Waals surface area contributed by atoms with Gasteiger partial charge in [-0.2, -0.15) is 0 Å². The minimum Gasteiger partial charge on any atom is -0.491 e. The maximum Gasteiger partial charge on any atom is 0.138 e. The van der Waals surface area contributed by atoms with E-state index in [-0.39, 0.29) is 0 Å². The zero-order valence-corrected chi connectivity index (χ0v) is 13.8. The molecule has 0 aliphatic carbocycles. The second-order valence-electron chi connectivity index (χ2n) is 5.90. The summed E-state index contributed by atoms with van der Waals surface area (Å²) in [5.41, 5.74) is 4.23. The van der Waals surface area contributed by atoms with Crippen LogP contribution in [0, 0.1) is 13.8 Å². The third-order valence-corrected chi connectivity index (χ3v) is 3.97. The number of hydrogen-bond acceptors (Lipinski definition) is 3. The van der Waals surface area contributed by atoms with Crippen LogP contribution in [-0.4, -0.2) is 21.3 Å². The summed E-state index contributed by atoms with van der Waals surface area (Å²) in [5.74, 6) is 1.59. The van der Waals surface area contributed by atoms with Gasteiger partial charge < -0.3 is 14.4 Å². The lowest BCUT2D eigenvalue weighted by Crippen LogP contribution is -2.13. The van der Waals surface area contributed by atoms with E-state index in [0.29, 0.717) is 19.0 Å². The summed E-state index contributed by atoms with van der Waals surface area (Å²) in [6.07, 6.45) is -0.608. The number of ether oxygens (including phenoxy) is 1. The number of benzene rings is 2. The molecule has 120 valence electrons. The summed E-state index contributed by atoms with van der Waals surface area (Å²) in [6, 6.07) is 14.1. The van der Waals surface area contributed by atoms with E-state index in [4.69, 9.17) is 4.74 Å². The number of fused-ring (bicyclic) bond motifs is 1. The van der Waals surface area contributed by atoms with Crippen LogP contribution in [0.25, 0.3) is 11.0 Å². The Labute approximate surface area is 136 Å². The summed E-state index contributed by atoms with van der Waals surface area (Å²) in [7, 11) is 0. The summed E-state index contributed by atoms with van der Waals surface area (Å²) in [4.78, 5) is 4.53. The molecule has 1 N–H and O–H groups in total. The first-order valence-electron chi connectivity index (χ1n) is 7.89. The van der Waals surface area contributed by atoms with Crippen molar-refractivity contribution in [2.24, 2.45) is 0 Å². The first kappa shape index (κ1) is 15.6. The van der Waals surface area contributed by atoms with E-state index < -0.39 is 6.10 Å². The van der Waals surface area contributed by atoms with Gasteiger partial charge in [0.05, 0.1) is 17.6 Å². The first-order chi connectivity index (χ1) is 11.1. The number of aliphatic hydroxyl groups excluding tert-OH is 1. The van der Waals surface area contributed by atoms with Gasteiger partial charge in [-0.25, -0.2) is 4.98 Å². The molecule has 0 fully saturated rings. The molecule has 0 bridgehead atoms. The van der Waals surface area contributed by atoms with Crippen LogP contribution in [-0.2, 0) is 6.54 Å². The smallest absolute Gasteiger partial charge is 0.138 e. The van der Waals surface area contributed by atoms with Crippen LogP contribution in [0.4, 0.5) is 0 Å². The van der Waals surface area contributed by atoms with E-state index in [0.717, 1.165) is 22.3 Å². The average Bonchev–Trinajstić information content (AvgIpc) is 2.90. The lowest BCUT2D eigenvalue weighted by atomic mass is 10.1. The van der Waals surface area contributed by atoms with Gasteiger partial charge >= 0.3 is 0 Å². The summed E-state index contributed by atoms with van der Waals surface area (Å²) in [6.45, 7) is 7.02. The quantitative estimate of drug-likeness (QED) is 0.780. The number of para-hydroxylation sites is 2. The number of aromatic nitrogens is 2. The molecule has 1 atom stereocenters. The minimum absolute atomic E-state index is 0.532. The largest absolute Gasteiger partial charge is 0.491 e. The van der Waals surface area contributed by atoms with Crippen molar-refractivity contribution in [1.29, 1.82) is 0 Å². The molecule has 0 unspecified atom stereocenters. The number of aliphatic hydroxyl groups is 1. The minimum atomic E-state index is -0.608. The van der Waals surface area contributed by atoms with Crippen molar-refractivity contribution in [2.75, 3.05) is 6.61 Å². The molecule has 0 radical (unpaired) electrons. The van der Waals surface area contributed by atoms with Gasteiger partial charge in [0, 0.05) is 0 Å². The fourth-order valence-electron chi connectivity index (χ4n) is 2.76. The molecule has 0 aliphatic rings.